The van der Waals surface area contributed by atoms with Gasteiger partial charge in [-0.2, -0.15) is 5.10 Å². The zero-order chi connectivity index (χ0) is 15.6. The molecule has 0 amide bonds. The fraction of sp³-hybridized carbons (Fsp3) is 0.643. The molecule has 1 aromatic rings. The van der Waals surface area contributed by atoms with E-state index in [0.29, 0.717) is 16.3 Å². The molecule has 21 heavy (non-hydrogen) atoms. The van der Waals surface area contributed by atoms with Crippen LogP contribution in [-0.2, 0) is 16.1 Å². The molecular formula is C14H20BrN3O3. The van der Waals surface area contributed by atoms with E-state index in [1.807, 2.05) is 0 Å². The van der Waals surface area contributed by atoms with E-state index in [9.17, 15) is 9.59 Å². The lowest BCUT2D eigenvalue weighted by Gasteiger charge is -2.36. The number of carbonyl (C=O) groups excluding carboxylic acids is 1. The van der Waals surface area contributed by atoms with E-state index >= 15 is 0 Å². The first-order valence-corrected chi connectivity index (χ1v) is 7.79. The van der Waals surface area contributed by atoms with Crippen molar-refractivity contribution in [1.29, 1.82) is 0 Å². The predicted octanol–water partition coefficient (Wildman–Crippen LogP) is 1.66. The molecule has 1 aliphatic heterocycles. The van der Waals surface area contributed by atoms with Crippen LogP contribution in [-0.4, -0.2) is 35.9 Å². The minimum Gasteiger partial charge on any atom is -0.468 e. The first kappa shape index (κ1) is 16.0. The van der Waals surface area contributed by atoms with Crippen molar-refractivity contribution in [2.45, 2.75) is 26.8 Å². The van der Waals surface area contributed by atoms with Crippen molar-refractivity contribution < 1.29 is 9.53 Å². The maximum absolute atomic E-state index is 12.3. The number of aromatic nitrogens is 2. The Morgan fingerprint density at radius 3 is 2.62 bits per heavy atom. The Morgan fingerprint density at radius 1 is 1.43 bits per heavy atom. The molecule has 1 saturated heterocycles. The van der Waals surface area contributed by atoms with E-state index < -0.39 is 5.97 Å². The van der Waals surface area contributed by atoms with Gasteiger partial charge in [0, 0.05) is 13.1 Å². The van der Waals surface area contributed by atoms with Gasteiger partial charge in [-0.15, -0.1) is 0 Å². The maximum Gasteiger partial charge on any atom is 0.327 e. The molecule has 7 heteroatoms. The lowest BCUT2D eigenvalue weighted by Crippen LogP contribution is -2.40. The van der Waals surface area contributed by atoms with Crippen LogP contribution in [0.2, 0.25) is 0 Å². The minimum absolute atomic E-state index is 0.180. The summed E-state index contributed by atoms with van der Waals surface area (Å²) in [7, 11) is 1.29. The largest absolute Gasteiger partial charge is 0.468 e. The maximum atomic E-state index is 12.3. The van der Waals surface area contributed by atoms with Crippen LogP contribution in [0.3, 0.4) is 0 Å². The van der Waals surface area contributed by atoms with Gasteiger partial charge in [-0.1, -0.05) is 13.8 Å². The molecule has 2 rings (SSSR count). The SMILES string of the molecule is COC(=O)Cn1ncc(N2C[C@@H](C)C[C@H](C)C2)c(Br)c1=O. The van der Waals surface area contributed by atoms with E-state index in [2.05, 4.69) is 44.5 Å². The molecule has 0 unspecified atom stereocenters. The molecule has 2 heterocycles. The van der Waals surface area contributed by atoms with Crippen molar-refractivity contribution in [3.63, 3.8) is 0 Å². The number of piperidine rings is 1. The highest BCUT2D eigenvalue weighted by atomic mass is 79.9. The van der Waals surface area contributed by atoms with Crippen LogP contribution in [0.4, 0.5) is 5.69 Å². The summed E-state index contributed by atoms with van der Waals surface area (Å²) in [5, 5.41) is 4.08. The molecule has 1 aromatic heterocycles. The van der Waals surface area contributed by atoms with Gasteiger partial charge in [0.1, 0.15) is 11.0 Å². The molecule has 0 spiro atoms. The molecule has 116 valence electrons. The third kappa shape index (κ3) is 3.64. The number of hydrogen-bond donors (Lipinski definition) is 0. The average Bonchev–Trinajstić information content (AvgIpc) is 2.42. The normalized spacial score (nSPS) is 22.2. The van der Waals surface area contributed by atoms with Gasteiger partial charge in [0.15, 0.2) is 0 Å². The first-order chi connectivity index (χ1) is 9.92. The molecule has 1 aliphatic rings. The topological polar surface area (TPSA) is 64.4 Å². The molecule has 0 radical (unpaired) electrons. The van der Waals surface area contributed by atoms with Gasteiger partial charge in [0.2, 0.25) is 0 Å². The Kier molecular flexibility index (Phi) is 5.03. The first-order valence-electron chi connectivity index (χ1n) is 6.99. The monoisotopic (exact) mass is 357 g/mol. The summed E-state index contributed by atoms with van der Waals surface area (Å²) in [6.07, 6.45) is 2.83. The molecule has 0 aromatic carbocycles. The van der Waals surface area contributed by atoms with Crippen LogP contribution in [0.15, 0.2) is 15.5 Å². The predicted molar refractivity (Wildman–Crippen MR) is 83.4 cm³/mol. The third-order valence-corrected chi connectivity index (χ3v) is 4.43. The Bertz CT molecular complexity index is 577. The molecule has 0 saturated carbocycles. The number of ether oxygens (including phenoxy) is 1. The van der Waals surface area contributed by atoms with Crippen LogP contribution in [0.5, 0.6) is 0 Å². The van der Waals surface area contributed by atoms with E-state index in [1.54, 1.807) is 6.20 Å². The second kappa shape index (κ2) is 6.60. The smallest absolute Gasteiger partial charge is 0.327 e. The van der Waals surface area contributed by atoms with Crippen LogP contribution in [0.25, 0.3) is 0 Å². The lowest BCUT2D eigenvalue weighted by molar-refractivity contribution is -0.141. The molecule has 6 nitrogen and oxygen atoms in total. The number of rotatable bonds is 3. The second-order valence-electron chi connectivity index (χ2n) is 5.73. The van der Waals surface area contributed by atoms with Crippen molar-refractivity contribution in [3.8, 4) is 0 Å². The average molecular weight is 358 g/mol. The van der Waals surface area contributed by atoms with Gasteiger partial charge < -0.3 is 9.64 Å². The Hall–Kier alpha value is -1.37. The van der Waals surface area contributed by atoms with E-state index in [-0.39, 0.29) is 12.1 Å². The second-order valence-corrected chi connectivity index (χ2v) is 6.53. The Balaban J connectivity index is 2.28. The summed E-state index contributed by atoms with van der Waals surface area (Å²) in [5.74, 6) is 0.667. The highest BCUT2D eigenvalue weighted by Crippen LogP contribution is 2.29. The van der Waals surface area contributed by atoms with E-state index in [1.165, 1.54) is 13.5 Å². The van der Waals surface area contributed by atoms with Gasteiger partial charge >= 0.3 is 5.97 Å². The molecule has 0 N–H and O–H groups in total. The number of carbonyl (C=O) groups is 1. The number of esters is 1. The zero-order valence-electron chi connectivity index (χ0n) is 12.5. The summed E-state index contributed by atoms with van der Waals surface area (Å²) in [6.45, 7) is 6.06. The molecule has 0 bridgehead atoms. The van der Waals surface area contributed by atoms with Gasteiger partial charge in [-0.05, 0) is 34.2 Å². The number of halogens is 1. The minimum atomic E-state index is -0.496. The van der Waals surface area contributed by atoms with Gasteiger partial charge in [-0.25, -0.2) is 4.68 Å². The van der Waals surface area contributed by atoms with Gasteiger partial charge in [-0.3, -0.25) is 9.59 Å². The highest BCUT2D eigenvalue weighted by molar-refractivity contribution is 9.10. The van der Waals surface area contributed by atoms with Crippen molar-refractivity contribution >= 4 is 27.6 Å². The molecular weight excluding hydrogens is 338 g/mol. The standard InChI is InChI=1S/C14H20BrN3O3/c1-9-4-10(2)7-17(6-9)11-5-16-18(8-12(19)21-3)14(20)13(11)15/h5,9-10H,4,6-8H2,1-3H3/t9-,10-/m0/s1. The van der Waals surface area contributed by atoms with Crippen molar-refractivity contribution in [2.24, 2.45) is 11.8 Å². The van der Waals surface area contributed by atoms with E-state index in [4.69, 9.17) is 0 Å². The number of hydrogen-bond acceptors (Lipinski definition) is 5. The van der Waals surface area contributed by atoms with Crippen LogP contribution < -0.4 is 10.5 Å². The lowest BCUT2D eigenvalue weighted by atomic mass is 9.92. The van der Waals surface area contributed by atoms with Crippen molar-refractivity contribution in [1.82, 2.24) is 9.78 Å². The highest BCUT2D eigenvalue weighted by Gasteiger charge is 2.25. The van der Waals surface area contributed by atoms with Crippen LogP contribution in [0, 0.1) is 11.8 Å². The molecule has 2 atom stereocenters. The van der Waals surface area contributed by atoms with E-state index in [0.717, 1.165) is 23.5 Å². The molecule has 1 fully saturated rings. The summed E-state index contributed by atoms with van der Waals surface area (Å²) >= 11 is 3.35. The van der Waals surface area contributed by atoms with Crippen molar-refractivity contribution in [2.75, 3.05) is 25.1 Å². The quantitative estimate of drug-likeness (QED) is 0.769. The Morgan fingerprint density at radius 2 is 2.05 bits per heavy atom. The fourth-order valence-corrected chi connectivity index (χ4v) is 3.39. The number of anilines is 1. The van der Waals surface area contributed by atoms with Crippen LogP contribution in [0.1, 0.15) is 20.3 Å². The van der Waals surface area contributed by atoms with Crippen LogP contribution >= 0.6 is 15.9 Å². The Labute approximate surface area is 132 Å². The summed E-state index contributed by atoms with van der Waals surface area (Å²) < 4.78 is 6.11. The summed E-state index contributed by atoms with van der Waals surface area (Å²) in [6, 6.07) is 0. The third-order valence-electron chi connectivity index (χ3n) is 3.68. The van der Waals surface area contributed by atoms with Crippen molar-refractivity contribution in [3.05, 3.63) is 21.0 Å². The van der Waals surface area contributed by atoms with Gasteiger partial charge in [0.25, 0.3) is 5.56 Å². The number of nitrogens with zero attached hydrogens (tertiary/aromatic N) is 3. The number of methoxy groups -OCH3 is 1. The summed E-state index contributed by atoms with van der Waals surface area (Å²) in [5.41, 5.74) is 0.475. The summed E-state index contributed by atoms with van der Waals surface area (Å²) in [4.78, 5) is 25.7. The van der Waals surface area contributed by atoms with Gasteiger partial charge in [0.05, 0.1) is 19.0 Å². The molecule has 0 aliphatic carbocycles. The zero-order valence-corrected chi connectivity index (χ0v) is 14.1. The fourth-order valence-electron chi connectivity index (χ4n) is 2.84.